The van der Waals surface area contributed by atoms with Gasteiger partial charge in [-0.05, 0) is 100 Å². The number of benzene rings is 3. The number of anilines is 1. The van der Waals surface area contributed by atoms with E-state index in [2.05, 4.69) is 54.1 Å². The van der Waals surface area contributed by atoms with Gasteiger partial charge in [-0.25, -0.2) is 13.0 Å². The number of nitrogens with zero attached hydrogens (tertiary/aromatic N) is 2. The predicted molar refractivity (Wildman–Crippen MR) is 215 cm³/mol. The first-order valence-electron chi connectivity index (χ1n) is 18.5. The Morgan fingerprint density at radius 2 is 1.76 bits per heavy atom. The van der Waals surface area contributed by atoms with Gasteiger partial charge in [0.25, 0.3) is 10.1 Å². The van der Waals surface area contributed by atoms with Gasteiger partial charge < -0.3 is 24.9 Å². The molecule has 1 unspecified atom stereocenters. The standard InChI is InChI=1S/C41H50N4O8S2/c1-5-44(6-2)31-18-20-33-37(27-31)53-36(29(3)40(33)30-13-8-7-9-14-30)15-10-16-38-41(4,22-11-17-39(46)43-24-23-42)34-28-32(55(50,51)52)19-21-35(34)45(38)25-12-26-54(47,48)49/h7-10,13-16,18-21,27-28H,5-6,11-12,17,22-26,42H2,1-4H3,(H2-,43,46,47,48,49,50,51,52). The van der Waals surface area contributed by atoms with E-state index >= 15 is 0 Å². The molecule has 2 heterocycles. The lowest BCUT2D eigenvalue weighted by Gasteiger charge is -2.30. The fourth-order valence-electron chi connectivity index (χ4n) is 7.47. The summed E-state index contributed by atoms with van der Waals surface area (Å²) in [6.07, 6.45) is 6.63. The van der Waals surface area contributed by atoms with Crippen molar-refractivity contribution in [2.24, 2.45) is 5.73 Å². The second-order valence-corrected chi connectivity index (χ2v) is 16.8. The van der Waals surface area contributed by atoms with Crippen LogP contribution in [0.2, 0.25) is 0 Å². The summed E-state index contributed by atoms with van der Waals surface area (Å²) in [6.45, 7) is 10.6. The molecule has 0 spiro atoms. The van der Waals surface area contributed by atoms with E-state index in [0.717, 1.165) is 40.7 Å². The van der Waals surface area contributed by atoms with E-state index < -0.39 is 36.3 Å². The van der Waals surface area contributed by atoms with E-state index in [-0.39, 0.29) is 25.3 Å². The van der Waals surface area contributed by atoms with Gasteiger partial charge in [-0.1, -0.05) is 36.4 Å². The number of rotatable bonds is 16. The summed E-state index contributed by atoms with van der Waals surface area (Å²) in [5.74, 6) is 0.668. The number of hydrogen-bond acceptors (Lipinski definition) is 9. The molecule has 0 radical (unpaired) electrons. The van der Waals surface area contributed by atoms with Crippen molar-refractivity contribution in [1.82, 2.24) is 9.89 Å². The first kappa shape index (κ1) is 41.6. The number of amides is 1. The van der Waals surface area contributed by atoms with Crippen molar-refractivity contribution in [2.45, 2.75) is 63.7 Å². The number of allylic oxidation sites excluding steroid dienone is 3. The van der Waals surface area contributed by atoms with Gasteiger partial charge in [-0.15, -0.1) is 0 Å². The van der Waals surface area contributed by atoms with Crippen molar-refractivity contribution in [3.05, 3.63) is 107 Å². The van der Waals surface area contributed by atoms with Gasteiger partial charge in [-0.3, -0.25) is 9.35 Å². The number of nitrogens with two attached hydrogens (primary N) is 1. The highest BCUT2D eigenvalue weighted by molar-refractivity contribution is 7.86. The van der Waals surface area contributed by atoms with Crippen LogP contribution in [0.4, 0.5) is 5.69 Å². The van der Waals surface area contributed by atoms with Crippen molar-refractivity contribution in [3.8, 4) is 22.5 Å². The molecule has 5 rings (SSSR count). The molecule has 0 fully saturated rings. The zero-order valence-electron chi connectivity index (χ0n) is 31.7. The zero-order chi connectivity index (χ0) is 40.0. The predicted octanol–water partition coefficient (Wildman–Crippen LogP) is 5.27. The van der Waals surface area contributed by atoms with Crippen molar-refractivity contribution in [3.63, 3.8) is 0 Å². The lowest BCUT2D eigenvalue weighted by atomic mass is 9.77. The van der Waals surface area contributed by atoms with Crippen LogP contribution in [-0.4, -0.2) is 70.3 Å². The molecule has 2 aromatic carbocycles. The minimum atomic E-state index is -4.81. The Bertz CT molecular complexity index is 2350. The third-order valence-corrected chi connectivity index (χ3v) is 11.9. The van der Waals surface area contributed by atoms with E-state index in [1.54, 1.807) is 6.07 Å². The van der Waals surface area contributed by atoms with Crippen LogP contribution in [0.3, 0.4) is 0 Å². The molecule has 14 heteroatoms. The van der Waals surface area contributed by atoms with Crippen LogP contribution in [0, 0.1) is 6.92 Å². The largest absolute Gasteiger partial charge is 0.744 e. The summed E-state index contributed by atoms with van der Waals surface area (Å²) in [4.78, 5) is 14.0. The number of nitrogens with one attached hydrogen (secondary N) is 1. The van der Waals surface area contributed by atoms with Crippen LogP contribution >= 0.6 is 0 Å². The normalized spacial score (nSPS) is 16.6. The fourth-order valence-corrected chi connectivity index (χ4v) is 8.46. The Balaban J connectivity index is 1.67. The van der Waals surface area contributed by atoms with Crippen LogP contribution in [0.15, 0.2) is 93.9 Å². The maximum Gasteiger partial charge on any atom is 0.264 e. The topological polar surface area (TPSA) is 186 Å². The van der Waals surface area contributed by atoms with Crippen LogP contribution in [0.5, 0.6) is 0 Å². The van der Waals surface area contributed by atoms with Crippen LogP contribution in [0.25, 0.3) is 28.5 Å². The molecule has 0 bridgehead atoms. The molecule has 4 N–H and O–H groups in total. The Morgan fingerprint density at radius 1 is 1.04 bits per heavy atom. The van der Waals surface area contributed by atoms with E-state index in [9.17, 15) is 30.7 Å². The maximum absolute atomic E-state index is 12.6. The molecule has 2 aromatic rings. The highest BCUT2D eigenvalue weighted by Gasteiger charge is 2.43. The summed E-state index contributed by atoms with van der Waals surface area (Å²) in [5.41, 5.74) is 10.4. The van der Waals surface area contributed by atoms with E-state index in [0.29, 0.717) is 54.4 Å². The van der Waals surface area contributed by atoms with Crippen LogP contribution in [0.1, 0.15) is 63.3 Å². The molecule has 294 valence electrons. The average molecular weight is 791 g/mol. The van der Waals surface area contributed by atoms with Crippen LogP contribution < -0.4 is 25.9 Å². The van der Waals surface area contributed by atoms with Crippen LogP contribution in [-0.2, 0) is 30.4 Å². The van der Waals surface area contributed by atoms with E-state index in [4.69, 9.17) is 10.2 Å². The lowest BCUT2D eigenvalue weighted by molar-refractivity contribution is -0.121. The maximum atomic E-state index is 12.6. The Morgan fingerprint density at radius 3 is 2.42 bits per heavy atom. The Kier molecular flexibility index (Phi) is 13.2. The van der Waals surface area contributed by atoms with Crippen molar-refractivity contribution in [1.29, 1.82) is 0 Å². The van der Waals surface area contributed by atoms with Crippen molar-refractivity contribution in [2.75, 3.05) is 43.4 Å². The quantitative estimate of drug-likeness (QED) is 0.0997. The molecule has 1 aliphatic carbocycles. The second kappa shape index (κ2) is 17.5. The summed E-state index contributed by atoms with van der Waals surface area (Å²) in [5, 5.41) is 3.81. The number of fused-ring (bicyclic) bond motifs is 2. The minimum Gasteiger partial charge on any atom is -0.744 e. The third-order valence-electron chi connectivity index (χ3n) is 10.2. The molecule has 3 aliphatic rings. The Hall–Kier alpha value is -4.60. The molecule has 1 amide bonds. The molecule has 0 saturated heterocycles. The van der Waals surface area contributed by atoms with Gasteiger partial charge in [0.15, 0.2) is 0 Å². The smallest absolute Gasteiger partial charge is 0.264 e. The summed E-state index contributed by atoms with van der Waals surface area (Å²) >= 11 is 0. The summed E-state index contributed by atoms with van der Waals surface area (Å²) in [7, 11) is -9.07. The average Bonchev–Trinajstić information content (AvgIpc) is 3.37. The van der Waals surface area contributed by atoms with Crippen molar-refractivity contribution >= 4 is 37.9 Å². The van der Waals surface area contributed by atoms with Gasteiger partial charge in [0, 0.05) is 60.0 Å². The first-order chi connectivity index (χ1) is 26.1. The fraction of sp³-hybridized carbons (Fsp3) is 0.366. The minimum absolute atomic E-state index is 0.0624. The highest BCUT2D eigenvalue weighted by Crippen LogP contribution is 2.51. The molecular weight excluding hydrogens is 741 g/mol. The van der Waals surface area contributed by atoms with Gasteiger partial charge in [0.1, 0.15) is 34.7 Å². The van der Waals surface area contributed by atoms with E-state index in [1.807, 2.05) is 55.2 Å². The monoisotopic (exact) mass is 790 g/mol. The highest BCUT2D eigenvalue weighted by atomic mass is 32.2. The lowest BCUT2D eigenvalue weighted by Crippen LogP contribution is -2.31. The van der Waals surface area contributed by atoms with E-state index in [1.165, 1.54) is 12.1 Å². The number of carbonyl (C=O) groups excluding carboxylic acids is 1. The molecule has 0 saturated carbocycles. The second-order valence-electron chi connectivity index (χ2n) is 13.8. The van der Waals surface area contributed by atoms with Gasteiger partial charge >= 0.3 is 0 Å². The molecule has 0 aromatic heterocycles. The summed E-state index contributed by atoms with van der Waals surface area (Å²) < 4.78 is 78.4. The van der Waals surface area contributed by atoms with Gasteiger partial charge in [-0.2, -0.15) is 8.42 Å². The number of carbonyl (C=O) groups is 1. The molecule has 1 atom stereocenters. The molecule has 12 nitrogen and oxygen atoms in total. The molecule has 2 aliphatic heterocycles. The summed E-state index contributed by atoms with van der Waals surface area (Å²) in [6, 6.07) is 20.5. The third kappa shape index (κ3) is 9.62. The molecule has 55 heavy (non-hydrogen) atoms. The zero-order valence-corrected chi connectivity index (χ0v) is 33.4. The first-order valence-corrected chi connectivity index (χ1v) is 21.5. The number of hydrogen-bond donors (Lipinski definition) is 3. The molecular formula is C41H50N4O8S2. The van der Waals surface area contributed by atoms with Gasteiger partial charge in [0.05, 0.1) is 16.7 Å². The Labute approximate surface area is 323 Å². The van der Waals surface area contributed by atoms with Crippen molar-refractivity contribution < 1.29 is 35.2 Å². The SMILES string of the molecule is CC[N+](CC)=c1ccc2c(-c3ccccc3)c(C)c(/C=C/C=C3\N(CCCS(=O)(=O)O)c4ccc(S(=O)(=O)[O-])cc4C3(C)CCCC(=O)NCCN)oc-2c1. The van der Waals surface area contributed by atoms with Gasteiger partial charge in [0.2, 0.25) is 11.3 Å².